The first-order chi connectivity index (χ1) is 24.1. The molecule has 52 heavy (non-hydrogen) atoms. The number of halogens is 2. The number of nitrogens with zero attached hydrogens (tertiary/aromatic N) is 2. The molecule has 7 heteroatoms. The van der Waals surface area contributed by atoms with E-state index < -0.39 is 28.9 Å². The van der Waals surface area contributed by atoms with Gasteiger partial charge in [-0.15, -0.1) is 0 Å². The molecule has 0 aromatic carbocycles. The Bertz CT molecular complexity index is 1040. The van der Waals surface area contributed by atoms with E-state index in [4.69, 9.17) is 21.8 Å². The SMILES string of the molecule is CN1C2CCCCC2C2C1C1CCCCC1C2[Si](C)(CCCCCCOC(C)(C)C)C1C2CCCCC2C2C1C1CCCCC1N2C.[CH3-].[CH3-].[Cl][Zr+2][Cl]. The third-order valence-corrected chi connectivity index (χ3v) is 23.5. The Balaban J connectivity index is 0.00000101. The summed E-state index contributed by atoms with van der Waals surface area (Å²) in [5.74, 6) is 8.38. The van der Waals surface area contributed by atoms with Crippen molar-refractivity contribution in [1.29, 1.82) is 0 Å². The molecule has 14 atom stereocenters. The van der Waals surface area contributed by atoms with Gasteiger partial charge in [-0.25, -0.2) is 0 Å². The van der Waals surface area contributed by atoms with Gasteiger partial charge >= 0.3 is 37.9 Å². The average molecular weight is 857 g/mol. The van der Waals surface area contributed by atoms with Gasteiger partial charge in [0.2, 0.25) is 0 Å². The molecule has 8 fully saturated rings. The van der Waals surface area contributed by atoms with E-state index in [2.05, 4.69) is 51.2 Å². The van der Waals surface area contributed by atoms with E-state index in [0.717, 1.165) is 89.2 Å². The van der Waals surface area contributed by atoms with Crippen molar-refractivity contribution in [3.05, 3.63) is 14.9 Å². The molecule has 0 amide bonds. The van der Waals surface area contributed by atoms with Gasteiger partial charge in [0, 0.05) is 30.8 Å². The summed E-state index contributed by atoms with van der Waals surface area (Å²) in [5.41, 5.74) is 2.25. The summed E-state index contributed by atoms with van der Waals surface area (Å²) in [5, 5.41) is 0. The Kier molecular flexibility index (Phi) is 16.4. The number of hydrogen-bond acceptors (Lipinski definition) is 3. The van der Waals surface area contributed by atoms with Crippen LogP contribution in [0.4, 0.5) is 0 Å². The van der Waals surface area contributed by atoms with E-state index in [9.17, 15) is 0 Å². The van der Waals surface area contributed by atoms with Crippen LogP contribution in [0, 0.1) is 62.2 Å². The molecule has 0 N–H and O–H groups in total. The Hall–Kier alpha value is 1.56. The third-order valence-electron chi connectivity index (χ3n) is 17.4. The Morgan fingerprint density at radius 3 is 1.37 bits per heavy atom. The zero-order chi connectivity index (χ0) is 35.2. The van der Waals surface area contributed by atoms with Gasteiger partial charge < -0.3 is 19.6 Å². The van der Waals surface area contributed by atoms with Crippen molar-refractivity contribution in [2.45, 2.75) is 203 Å². The number of hydrogen-bond donors (Lipinski definition) is 0. The summed E-state index contributed by atoms with van der Waals surface area (Å²) in [4.78, 5) is 6.17. The van der Waals surface area contributed by atoms with Crippen molar-refractivity contribution in [3.63, 3.8) is 0 Å². The summed E-state index contributed by atoms with van der Waals surface area (Å²) in [6.45, 7) is 10.8. The average Bonchev–Trinajstić information content (AvgIpc) is 3.81. The molecule has 0 spiro atoms. The Morgan fingerprint density at radius 1 is 0.577 bits per heavy atom. The van der Waals surface area contributed by atoms with Crippen LogP contribution in [-0.2, 0) is 25.6 Å². The minimum atomic E-state index is -1.67. The number of ether oxygens (including phenoxy) is 1. The molecule has 8 aliphatic rings. The molecule has 0 aromatic heterocycles. The van der Waals surface area contributed by atoms with E-state index in [0.29, 0.717) is 0 Å². The first-order valence-electron chi connectivity index (χ1n) is 22.2. The van der Waals surface area contributed by atoms with Crippen molar-refractivity contribution in [2.24, 2.45) is 47.3 Å². The van der Waals surface area contributed by atoms with Gasteiger partial charge in [0.05, 0.1) is 13.7 Å². The van der Waals surface area contributed by atoms with Crippen LogP contribution in [0.2, 0.25) is 23.7 Å². The Morgan fingerprint density at radius 2 is 0.942 bits per heavy atom. The monoisotopic (exact) mass is 854 g/mol. The van der Waals surface area contributed by atoms with Gasteiger partial charge in [0.15, 0.2) is 0 Å². The summed E-state index contributed by atoms with van der Waals surface area (Å²) < 4.78 is 6.17. The van der Waals surface area contributed by atoms with Crippen LogP contribution in [-0.4, -0.2) is 68.3 Å². The van der Waals surface area contributed by atoms with E-state index in [1.807, 2.05) is 0 Å². The molecular weight excluding hydrogens is 775 g/mol. The number of rotatable bonds is 9. The van der Waals surface area contributed by atoms with E-state index in [-0.39, 0.29) is 20.5 Å². The molecular formula is C45H82Cl2N2OSiZr. The molecule has 0 bridgehead atoms. The molecule has 2 aliphatic heterocycles. The quantitative estimate of drug-likeness (QED) is 0.131. The minimum absolute atomic E-state index is 0. The summed E-state index contributed by atoms with van der Waals surface area (Å²) >= 11 is -0.826. The van der Waals surface area contributed by atoms with Crippen molar-refractivity contribution >= 4 is 25.1 Å². The predicted octanol–water partition coefficient (Wildman–Crippen LogP) is 13.1. The van der Waals surface area contributed by atoms with Crippen molar-refractivity contribution in [3.8, 4) is 0 Å². The summed E-state index contributed by atoms with van der Waals surface area (Å²) in [6, 6.07) is 5.39. The topological polar surface area (TPSA) is 15.7 Å². The normalized spacial score (nSPS) is 43.5. The van der Waals surface area contributed by atoms with Crippen LogP contribution in [0.15, 0.2) is 0 Å². The van der Waals surface area contributed by atoms with Crippen LogP contribution in [0.3, 0.4) is 0 Å². The van der Waals surface area contributed by atoms with E-state index >= 15 is 0 Å². The van der Waals surface area contributed by atoms with Crippen molar-refractivity contribution in [1.82, 2.24) is 9.80 Å². The zero-order valence-corrected chi connectivity index (χ0v) is 40.2. The van der Waals surface area contributed by atoms with Gasteiger partial charge in [0.1, 0.15) is 0 Å². The molecule has 0 aromatic rings. The molecule has 14 unspecified atom stereocenters. The van der Waals surface area contributed by atoms with Crippen LogP contribution >= 0.6 is 17.0 Å². The number of likely N-dealkylation sites (tertiary alicyclic amines) is 2. The van der Waals surface area contributed by atoms with Crippen LogP contribution in [0.25, 0.3) is 0 Å². The third kappa shape index (κ3) is 8.36. The molecule has 2 heterocycles. The molecule has 8 rings (SSSR count). The second-order valence-electron chi connectivity index (χ2n) is 20.5. The van der Waals surface area contributed by atoms with Gasteiger partial charge in [-0.2, -0.15) is 0 Å². The molecule has 2 saturated heterocycles. The summed E-state index contributed by atoms with van der Waals surface area (Å²) in [6.07, 6.45) is 30.4. The first kappa shape index (κ1) is 44.7. The van der Waals surface area contributed by atoms with Crippen LogP contribution in [0.5, 0.6) is 0 Å². The Labute approximate surface area is 343 Å². The van der Waals surface area contributed by atoms with E-state index in [1.165, 1.54) is 77.0 Å². The van der Waals surface area contributed by atoms with Crippen molar-refractivity contribution in [2.75, 3.05) is 20.7 Å². The second-order valence-corrected chi connectivity index (χ2v) is 29.1. The molecule has 3 nitrogen and oxygen atoms in total. The fourth-order valence-corrected chi connectivity index (χ4v) is 23.8. The fourth-order valence-electron chi connectivity index (χ4n) is 16.3. The van der Waals surface area contributed by atoms with Gasteiger partial charge in [-0.3, -0.25) is 9.80 Å². The molecule has 0 radical (unpaired) electrons. The van der Waals surface area contributed by atoms with Gasteiger partial charge in [-0.1, -0.05) is 96.1 Å². The maximum atomic E-state index is 6.17. The molecule has 300 valence electrons. The van der Waals surface area contributed by atoms with Crippen LogP contribution < -0.4 is 0 Å². The molecule has 6 saturated carbocycles. The first-order valence-corrected chi connectivity index (χ1v) is 31.4. The fraction of sp³-hybridized carbons (Fsp3) is 0.956. The standard InChI is InChI=1S/C43H76N2OSi.2CH3.2ClH.Zr/c1-43(2,3)46-27-17-7-8-18-28-47(6,41-31-21-11-9-19-29(31)39-37(41)33-23-13-15-25-35(33)44(39)4)42-32-22-12-10-20-30(32)40-38(42)34-24-14-16-26-36(34)45(40)5;;;;;/h29-42H,7-28H2,1-6H3;2*1H3;2*1H;/q;2*-1;;;+4/p-2. The van der Waals surface area contributed by atoms with Crippen molar-refractivity contribution < 1.29 is 25.6 Å². The molecule has 6 aliphatic carbocycles. The van der Waals surface area contributed by atoms with Crippen LogP contribution in [0.1, 0.15) is 149 Å². The zero-order valence-electron chi connectivity index (χ0n) is 35.2. The van der Waals surface area contributed by atoms with Gasteiger partial charge in [-0.05, 0) is 138 Å². The number of fused-ring (bicyclic) bond motifs is 10. The second kappa shape index (κ2) is 19.1. The number of unbranched alkanes of at least 4 members (excludes halogenated alkanes) is 3. The van der Waals surface area contributed by atoms with E-state index in [1.54, 1.807) is 57.4 Å². The predicted molar refractivity (Wildman–Crippen MR) is 225 cm³/mol. The summed E-state index contributed by atoms with van der Waals surface area (Å²) in [7, 11) is 13.5. The van der Waals surface area contributed by atoms with Gasteiger partial charge in [0.25, 0.3) is 0 Å². The maximum absolute atomic E-state index is 6.17.